The third-order valence-corrected chi connectivity index (χ3v) is 2.66. The molecule has 1 heterocycles. The summed E-state index contributed by atoms with van der Waals surface area (Å²) in [5.41, 5.74) is 1.32. The first kappa shape index (κ1) is 10.2. The smallest absolute Gasteiger partial charge is 0.108 e. The van der Waals surface area contributed by atoms with Crippen molar-refractivity contribution in [2.45, 2.75) is 12.6 Å². The molecule has 1 aromatic carbocycles. The maximum absolute atomic E-state index is 8.84. The van der Waals surface area contributed by atoms with Gasteiger partial charge in [-0.25, -0.2) is 0 Å². The lowest BCUT2D eigenvalue weighted by Crippen LogP contribution is -2.49. The molecule has 78 valence electrons. The minimum atomic E-state index is -0.0116. The van der Waals surface area contributed by atoms with Gasteiger partial charge < -0.3 is 0 Å². The zero-order valence-electron chi connectivity index (χ0n) is 8.69. The van der Waals surface area contributed by atoms with Crippen LogP contribution in [-0.4, -0.2) is 30.6 Å². The zero-order chi connectivity index (χ0) is 10.5. The van der Waals surface area contributed by atoms with Crippen LogP contribution in [0.2, 0.25) is 0 Å². The predicted octanol–water partition coefficient (Wildman–Crippen LogP) is 0.984. The van der Waals surface area contributed by atoms with E-state index in [9.17, 15) is 0 Å². The molecule has 0 aromatic heterocycles. The summed E-state index contributed by atoms with van der Waals surface area (Å²) in [6.07, 6.45) is 0. The molecular formula is C12H15N3. The quantitative estimate of drug-likeness (QED) is 0.775. The maximum atomic E-state index is 8.84. The summed E-state index contributed by atoms with van der Waals surface area (Å²) in [5, 5.41) is 12.0. The van der Waals surface area contributed by atoms with E-state index in [1.807, 2.05) is 6.07 Å². The normalized spacial score (nSPS) is 22.2. The van der Waals surface area contributed by atoms with E-state index in [1.54, 1.807) is 0 Å². The largest absolute Gasteiger partial charge is 0.300 e. The average Bonchev–Trinajstić information content (AvgIpc) is 2.31. The highest BCUT2D eigenvalue weighted by Gasteiger charge is 2.18. The Morgan fingerprint density at radius 2 is 2.20 bits per heavy atom. The average molecular weight is 201 g/mol. The van der Waals surface area contributed by atoms with Crippen molar-refractivity contribution in [2.75, 3.05) is 19.6 Å². The van der Waals surface area contributed by atoms with Gasteiger partial charge in [0.2, 0.25) is 0 Å². The van der Waals surface area contributed by atoms with Crippen LogP contribution in [0.15, 0.2) is 30.3 Å². The fourth-order valence-corrected chi connectivity index (χ4v) is 1.88. The molecule has 1 unspecified atom stereocenters. The van der Waals surface area contributed by atoms with Gasteiger partial charge in [-0.15, -0.1) is 0 Å². The van der Waals surface area contributed by atoms with E-state index < -0.39 is 0 Å². The van der Waals surface area contributed by atoms with Crippen molar-refractivity contribution in [2.24, 2.45) is 0 Å². The first-order chi connectivity index (χ1) is 7.38. The molecule has 0 bridgehead atoms. The molecule has 1 saturated heterocycles. The molecule has 1 aromatic rings. The van der Waals surface area contributed by atoms with E-state index in [4.69, 9.17) is 5.26 Å². The Labute approximate surface area is 90.3 Å². The van der Waals surface area contributed by atoms with Gasteiger partial charge >= 0.3 is 0 Å². The molecule has 1 fully saturated rings. The van der Waals surface area contributed by atoms with Gasteiger partial charge in [-0.05, 0) is 5.56 Å². The fourth-order valence-electron chi connectivity index (χ4n) is 1.88. The molecule has 1 aliphatic heterocycles. The van der Waals surface area contributed by atoms with Crippen LogP contribution >= 0.6 is 0 Å². The highest BCUT2D eigenvalue weighted by molar-refractivity contribution is 5.14. The highest BCUT2D eigenvalue weighted by Crippen LogP contribution is 2.06. The van der Waals surface area contributed by atoms with E-state index in [-0.39, 0.29) is 6.04 Å². The van der Waals surface area contributed by atoms with Gasteiger partial charge in [-0.3, -0.25) is 10.2 Å². The van der Waals surface area contributed by atoms with Crippen molar-refractivity contribution < 1.29 is 0 Å². The van der Waals surface area contributed by atoms with E-state index in [2.05, 4.69) is 40.6 Å². The topological polar surface area (TPSA) is 39.1 Å². The standard InChI is InChI=1S/C12H15N3/c13-8-12-10-15(7-6-14-12)9-11-4-2-1-3-5-11/h1-5,12,14H,6-7,9-10H2. The molecule has 1 N–H and O–H groups in total. The third kappa shape index (κ3) is 2.79. The zero-order valence-corrected chi connectivity index (χ0v) is 8.69. The number of piperazine rings is 1. The molecule has 0 saturated carbocycles. The second-order valence-corrected chi connectivity index (χ2v) is 3.86. The second-order valence-electron chi connectivity index (χ2n) is 3.86. The summed E-state index contributed by atoms with van der Waals surface area (Å²) in [6, 6.07) is 12.6. The Morgan fingerprint density at radius 3 is 2.93 bits per heavy atom. The molecule has 3 heteroatoms. The molecule has 3 nitrogen and oxygen atoms in total. The van der Waals surface area contributed by atoms with Gasteiger partial charge in [0.15, 0.2) is 0 Å². The van der Waals surface area contributed by atoms with Crippen molar-refractivity contribution in [3.8, 4) is 6.07 Å². The molecule has 15 heavy (non-hydrogen) atoms. The van der Waals surface area contributed by atoms with E-state index in [0.717, 1.165) is 26.2 Å². The number of rotatable bonds is 2. The summed E-state index contributed by atoms with van der Waals surface area (Å²) >= 11 is 0. The van der Waals surface area contributed by atoms with Crippen LogP contribution in [0.25, 0.3) is 0 Å². The van der Waals surface area contributed by atoms with Crippen LogP contribution in [0.1, 0.15) is 5.56 Å². The summed E-state index contributed by atoms with van der Waals surface area (Å²) in [6.45, 7) is 3.70. The van der Waals surface area contributed by atoms with Crippen LogP contribution in [-0.2, 0) is 6.54 Å². The lowest BCUT2D eigenvalue weighted by Gasteiger charge is -2.30. The molecule has 0 radical (unpaired) electrons. The number of nitriles is 1. The van der Waals surface area contributed by atoms with Gasteiger partial charge in [0.1, 0.15) is 6.04 Å². The van der Waals surface area contributed by atoms with Gasteiger partial charge in [0.05, 0.1) is 6.07 Å². The number of hydrogen-bond acceptors (Lipinski definition) is 3. The molecule has 2 rings (SSSR count). The Kier molecular flexibility index (Phi) is 3.33. The highest BCUT2D eigenvalue weighted by atomic mass is 15.2. The second kappa shape index (κ2) is 4.92. The van der Waals surface area contributed by atoms with E-state index in [0.29, 0.717) is 0 Å². The van der Waals surface area contributed by atoms with Crippen LogP contribution in [0.4, 0.5) is 0 Å². The SMILES string of the molecule is N#CC1CN(Cc2ccccc2)CCN1. The van der Waals surface area contributed by atoms with Crippen LogP contribution < -0.4 is 5.32 Å². The van der Waals surface area contributed by atoms with Crippen molar-refractivity contribution in [3.63, 3.8) is 0 Å². The first-order valence-electron chi connectivity index (χ1n) is 5.28. The van der Waals surface area contributed by atoms with Crippen molar-refractivity contribution in [1.29, 1.82) is 5.26 Å². The summed E-state index contributed by atoms with van der Waals surface area (Å²) in [7, 11) is 0. The Hall–Kier alpha value is -1.37. The molecule has 1 atom stereocenters. The van der Waals surface area contributed by atoms with E-state index in [1.165, 1.54) is 5.56 Å². The van der Waals surface area contributed by atoms with Crippen LogP contribution in [0.3, 0.4) is 0 Å². The number of hydrogen-bond donors (Lipinski definition) is 1. The minimum absolute atomic E-state index is 0.0116. The van der Waals surface area contributed by atoms with Gasteiger partial charge in [0.25, 0.3) is 0 Å². The third-order valence-electron chi connectivity index (χ3n) is 2.66. The van der Waals surface area contributed by atoms with Crippen molar-refractivity contribution >= 4 is 0 Å². The fraction of sp³-hybridized carbons (Fsp3) is 0.417. The molecule has 0 amide bonds. The first-order valence-corrected chi connectivity index (χ1v) is 5.28. The number of nitrogens with zero attached hydrogens (tertiary/aromatic N) is 2. The monoisotopic (exact) mass is 201 g/mol. The predicted molar refractivity (Wildman–Crippen MR) is 59.1 cm³/mol. The lowest BCUT2D eigenvalue weighted by atomic mass is 10.1. The summed E-state index contributed by atoms with van der Waals surface area (Å²) in [4.78, 5) is 2.32. The minimum Gasteiger partial charge on any atom is -0.300 e. The molecule has 0 spiro atoms. The van der Waals surface area contributed by atoms with E-state index >= 15 is 0 Å². The Bertz CT molecular complexity index is 342. The van der Waals surface area contributed by atoms with Gasteiger partial charge in [-0.2, -0.15) is 5.26 Å². The van der Waals surface area contributed by atoms with Gasteiger partial charge in [0, 0.05) is 26.2 Å². The number of benzene rings is 1. The van der Waals surface area contributed by atoms with Crippen LogP contribution in [0, 0.1) is 11.3 Å². The number of nitrogens with one attached hydrogen (secondary N) is 1. The maximum Gasteiger partial charge on any atom is 0.108 e. The van der Waals surface area contributed by atoms with Crippen molar-refractivity contribution in [3.05, 3.63) is 35.9 Å². The lowest BCUT2D eigenvalue weighted by molar-refractivity contribution is 0.212. The van der Waals surface area contributed by atoms with Crippen LogP contribution in [0.5, 0.6) is 0 Å². The Balaban J connectivity index is 1.93. The molecule has 0 aliphatic carbocycles. The Morgan fingerprint density at radius 1 is 1.40 bits per heavy atom. The summed E-state index contributed by atoms with van der Waals surface area (Å²) in [5.74, 6) is 0. The van der Waals surface area contributed by atoms with Gasteiger partial charge in [-0.1, -0.05) is 30.3 Å². The summed E-state index contributed by atoms with van der Waals surface area (Å²) < 4.78 is 0. The molecule has 1 aliphatic rings. The van der Waals surface area contributed by atoms with Crippen molar-refractivity contribution in [1.82, 2.24) is 10.2 Å². The molecular weight excluding hydrogens is 186 g/mol.